The minimum absolute atomic E-state index is 0.0339. The number of hydrogen-bond acceptors (Lipinski definition) is 5. The molecule has 34 heavy (non-hydrogen) atoms. The van der Waals surface area contributed by atoms with E-state index in [1.165, 1.54) is 24.9 Å². The van der Waals surface area contributed by atoms with Crippen molar-refractivity contribution < 1.29 is 18.7 Å². The van der Waals surface area contributed by atoms with Crippen molar-refractivity contribution in [2.24, 2.45) is 4.99 Å². The Balaban J connectivity index is 1.56. The van der Waals surface area contributed by atoms with Crippen LogP contribution in [0, 0.1) is 5.82 Å². The van der Waals surface area contributed by atoms with E-state index in [0.717, 1.165) is 0 Å². The van der Waals surface area contributed by atoms with Crippen LogP contribution in [-0.2, 0) is 11.4 Å². The number of amides is 1. The molecule has 1 aliphatic rings. The van der Waals surface area contributed by atoms with E-state index in [1.54, 1.807) is 54.6 Å². The molecule has 0 aromatic heterocycles. The number of nitrogens with zero attached hydrogens (tertiary/aromatic N) is 1. The zero-order valence-electron chi connectivity index (χ0n) is 17.6. The summed E-state index contributed by atoms with van der Waals surface area (Å²) in [5, 5.41) is 3.79. The van der Waals surface area contributed by atoms with E-state index in [9.17, 15) is 9.18 Å². The molecule has 0 spiro atoms. The molecule has 0 aliphatic carbocycles. The van der Waals surface area contributed by atoms with E-state index in [4.69, 9.17) is 32.7 Å². The molecule has 1 N–H and O–H groups in total. The van der Waals surface area contributed by atoms with Gasteiger partial charge in [0.2, 0.25) is 0 Å². The van der Waals surface area contributed by atoms with Gasteiger partial charge in [-0.05, 0) is 69.7 Å². The molecule has 0 radical (unpaired) electrons. The van der Waals surface area contributed by atoms with Gasteiger partial charge >= 0.3 is 0 Å². The van der Waals surface area contributed by atoms with E-state index in [0.29, 0.717) is 52.9 Å². The molecule has 1 fully saturated rings. The van der Waals surface area contributed by atoms with Crippen LogP contribution in [0.1, 0.15) is 11.1 Å². The van der Waals surface area contributed by atoms with Crippen LogP contribution in [0.25, 0.3) is 6.08 Å². The number of methoxy groups -OCH3 is 1. The highest BCUT2D eigenvalue weighted by molar-refractivity contribution is 9.10. The average Bonchev–Trinajstić information content (AvgIpc) is 3.15. The van der Waals surface area contributed by atoms with Crippen LogP contribution >= 0.6 is 50.9 Å². The summed E-state index contributed by atoms with van der Waals surface area (Å²) in [7, 11) is 1.51. The van der Waals surface area contributed by atoms with Gasteiger partial charge in [-0.3, -0.25) is 4.79 Å². The number of carbonyl (C=O) groups excluding carboxylic acids is 1. The van der Waals surface area contributed by atoms with Gasteiger partial charge in [0, 0.05) is 5.56 Å². The van der Waals surface area contributed by atoms with E-state index < -0.39 is 0 Å². The van der Waals surface area contributed by atoms with Crippen molar-refractivity contribution in [1.29, 1.82) is 0 Å². The van der Waals surface area contributed by atoms with E-state index in [1.807, 2.05) is 0 Å². The van der Waals surface area contributed by atoms with Crippen LogP contribution in [0.4, 0.5) is 10.1 Å². The highest BCUT2D eigenvalue weighted by Gasteiger charge is 2.25. The first kappa shape index (κ1) is 24.6. The highest BCUT2D eigenvalue weighted by atomic mass is 79.9. The summed E-state index contributed by atoms with van der Waals surface area (Å²) in [5.41, 5.74) is 1.58. The number of hydrogen-bond donors (Lipinski definition) is 1. The lowest BCUT2D eigenvalue weighted by molar-refractivity contribution is -0.115. The zero-order valence-corrected chi connectivity index (χ0v) is 21.5. The van der Waals surface area contributed by atoms with Crippen molar-refractivity contribution in [2.75, 3.05) is 7.11 Å². The molecule has 10 heteroatoms. The molecule has 0 atom stereocenters. The molecule has 3 aromatic carbocycles. The van der Waals surface area contributed by atoms with Crippen LogP contribution in [0.15, 0.2) is 69.0 Å². The summed E-state index contributed by atoms with van der Waals surface area (Å²) < 4.78 is 25.8. The monoisotopic (exact) mass is 580 g/mol. The van der Waals surface area contributed by atoms with Crippen molar-refractivity contribution in [3.63, 3.8) is 0 Å². The molecule has 0 bridgehead atoms. The predicted molar refractivity (Wildman–Crippen MR) is 139 cm³/mol. The Labute approximate surface area is 218 Å². The van der Waals surface area contributed by atoms with Gasteiger partial charge < -0.3 is 14.8 Å². The summed E-state index contributed by atoms with van der Waals surface area (Å²) in [4.78, 5) is 17.3. The maximum Gasteiger partial charge on any atom is 0.264 e. The van der Waals surface area contributed by atoms with Crippen molar-refractivity contribution in [3.05, 3.63) is 91.0 Å². The smallest absolute Gasteiger partial charge is 0.264 e. The number of thioether (sulfide) groups is 1. The number of aliphatic imine (C=N–C) groups is 1. The van der Waals surface area contributed by atoms with Gasteiger partial charge in [0.1, 0.15) is 12.4 Å². The molecule has 3 aromatic rings. The maximum absolute atomic E-state index is 13.9. The van der Waals surface area contributed by atoms with Crippen molar-refractivity contribution in [3.8, 4) is 11.5 Å². The quantitative estimate of drug-likeness (QED) is 0.309. The number of amidine groups is 1. The van der Waals surface area contributed by atoms with Gasteiger partial charge in [-0.25, -0.2) is 9.38 Å². The molecule has 174 valence electrons. The number of nitrogens with one attached hydrogen (secondary N) is 1. The molecule has 0 saturated carbocycles. The lowest BCUT2D eigenvalue weighted by Gasteiger charge is -2.14. The SMILES string of the molecule is COc1cc(/C=C2/SC(=Nc3cccc(Cl)c3Cl)NC2=O)cc(Br)c1OCc1ccccc1F. The van der Waals surface area contributed by atoms with Gasteiger partial charge in [-0.2, -0.15) is 0 Å². The van der Waals surface area contributed by atoms with Gasteiger partial charge in [0.15, 0.2) is 16.7 Å². The molecule has 0 unspecified atom stereocenters. The van der Waals surface area contributed by atoms with Gasteiger partial charge in [-0.1, -0.05) is 47.5 Å². The fraction of sp³-hybridized carbons (Fsp3) is 0.0833. The minimum atomic E-state index is -0.347. The van der Waals surface area contributed by atoms with E-state index in [2.05, 4.69) is 26.2 Å². The summed E-state index contributed by atoms with van der Waals surface area (Å²) >= 11 is 16.9. The fourth-order valence-electron chi connectivity index (χ4n) is 3.05. The summed E-state index contributed by atoms with van der Waals surface area (Å²) in [5.74, 6) is 0.214. The molecular formula is C24H16BrCl2FN2O3S. The third-order valence-electron chi connectivity index (χ3n) is 4.68. The van der Waals surface area contributed by atoms with Crippen LogP contribution in [0.5, 0.6) is 11.5 Å². The summed E-state index contributed by atoms with van der Waals surface area (Å²) in [6, 6.07) is 15.0. The Morgan fingerprint density at radius 1 is 1.18 bits per heavy atom. The summed E-state index contributed by atoms with van der Waals surface area (Å²) in [6.07, 6.45) is 1.70. The van der Waals surface area contributed by atoms with Crippen LogP contribution in [0.3, 0.4) is 0 Å². The minimum Gasteiger partial charge on any atom is -0.493 e. The van der Waals surface area contributed by atoms with Gasteiger partial charge in [0.25, 0.3) is 5.91 Å². The van der Waals surface area contributed by atoms with Crippen LogP contribution in [0.2, 0.25) is 10.0 Å². The first-order valence-electron chi connectivity index (χ1n) is 9.83. The topological polar surface area (TPSA) is 59.9 Å². The first-order valence-corrected chi connectivity index (χ1v) is 12.2. The lowest BCUT2D eigenvalue weighted by atomic mass is 10.1. The Hall–Kier alpha value is -2.52. The molecular weight excluding hydrogens is 566 g/mol. The fourth-order valence-corrected chi connectivity index (χ4v) is 4.80. The van der Waals surface area contributed by atoms with Crippen molar-refractivity contribution in [1.82, 2.24) is 5.32 Å². The van der Waals surface area contributed by atoms with Gasteiger partial charge in [-0.15, -0.1) is 0 Å². The second-order valence-corrected chi connectivity index (χ2v) is 9.64. The highest BCUT2D eigenvalue weighted by Crippen LogP contribution is 2.39. The number of rotatable bonds is 6. The second kappa shape index (κ2) is 10.8. The number of ether oxygens (including phenoxy) is 2. The second-order valence-electron chi connectivity index (χ2n) is 6.97. The largest absolute Gasteiger partial charge is 0.493 e. The lowest BCUT2D eigenvalue weighted by Crippen LogP contribution is -2.19. The normalized spacial score (nSPS) is 15.6. The van der Waals surface area contributed by atoms with Crippen molar-refractivity contribution in [2.45, 2.75) is 6.61 Å². The van der Waals surface area contributed by atoms with Gasteiger partial charge in [0.05, 0.1) is 32.2 Å². The maximum atomic E-state index is 13.9. The molecule has 1 aliphatic heterocycles. The Bertz CT molecular complexity index is 1330. The Morgan fingerprint density at radius 3 is 2.74 bits per heavy atom. The molecule has 1 heterocycles. The molecule has 1 saturated heterocycles. The molecule has 4 rings (SSSR count). The Kier molecular flexibility index (Phi) is 7.83. The molecule has 5 nitrogen and oxygen atoms in total. The van der Waals surface area contributed by atoms with Crippen LogP contribution < -0.4 is 14.8 Å². The van der Waals surface area contributed by atoms with Crippen molar-refractivity contribution >= 4 is 73.7 Å². The summed E-state index contributed by atoms with van der Waals surface area (Å²) in [6.45, 7) is 0.0339. The first-order chi connectivity index (χ1) is 16.4. The number of carbonyl (C=O) groups is 1. The van der Waals surface area contributed by atoms with E-state index in [-0.39, 0.29) is 18.3 Å². The number of benzene rings is 3. The predicted octanol–water partition coefficient (Wildman–Crippen LogP) is 7.37. The third kappa shape index (κ3) is 5.58. The average molecular weight is 582 g/mol. The van der Waals surface area contributed by atoms with E-state index >= 15 is 0 Å². The standard InChI is InChI=1S/C24H16BrCl2FN2O3S/c1-32-19-10-13(9-15(25)22(19)33-12-14-5-2-3-7-17(14)28)11-20-23(31)30-24(34-20)29-18-8-4-6-16(26)21(18)27/h2-11H,12H2,1H3,(H,29,30,31)/b20-11+. The number of halogens is 4. The Morgan fingerprint density at radius 2 is 1.97 bits per heavy atom. The zero-order chi connectivity index (χ0) is 24.2. The third-order valence-corrected chi connectivity index (χ3v) is 6.99. The van der Waals surface area contributed by atoms with Crippen LogP contribution in [-0.4, -0.2) is 18.2 Å². The molecule has 1 amide bonds.